The summed E-state index contributed by atoms with van der Waals surface area (Å²) in [4.78, 5) is 52.3. The number of amides is 2. The molecule has 6 atom stereocenters. The molecule has 0 radical (unpaired) electrons. The summed E-state index contributed by atoms with van der Waals surface area (Å²) >= 11 is 3.31. The van der Waals surface area contributed by atoms with Gasteiger partial charge in [0.2, 0.25) is 11.8 Å². The molecule has 1 aliphatic heterocycles. The van der Waals surface area contributed by atoms with E-state index >= 15 is 0 Å². The largest absolute Gasteiger partial charge is 0.454 e. The van der Waals surface area contributed by atoms with Gasteiger partial charge in [0.1, 0.15) is 0 Å². The van der Waals surface area contributed by atoms with Crippen LogP contribution in [0.1, 0.15) is 27.1 Å². The second-order valence-corrected chi connectivity index (χ2v) is 10.1. The molecule has 166 valence electrons. The number of carbonyl (C=O) groups excluding carboxylic acids is 4. The third-order valence-corrected chi connectivity index (χ3v) is 8.05. The second kappa shape index (κ2) is 7.48. The fourth-order valence-corrected chi connectivity index (χ4v) is 6.16. The van der Waals surface area contributed by atoms with Gasteiger partial charge < -0.3 is 4.74 Å². The third-order valence-electron chi connectivity index (χ3n) is 7.52. The van der Waals surface area contributed by atoms with Gasteiger partial charge in [0.05, 0.1) is 23.1 Å². The number of nitrogens with zero attached hydrogens (tertiary/aromatic N) is 1. The lowest BCUT2D eigenvalue weighted by Gasteiger charge is -2.37. The SMILES string of the molecule is O=C(COC(=O)c1ccc(N2C(=O)[C@@H]3[C@H]4C=C[C@H]([C@H]5C[C@H]45)[C@@H]3C2=O)cc1)c1ccc(Br)cc1. The van der Waals surface area contributed by atoms with Crippen molar-refractivity contribution in [1.82, 2.24) is 0 Å². The van der Waals surface area contributed by atoms with E-state index in [-0.39, 0.29) is 53.4 Å². The third kappa shape index (κ3) is 3.21. The zero-order valence-electron chi connectivity index (χ0n) is 17.5. The van der Waals surface area contributed by atoms with Crippen LogP contribution in [0.25, 0.3) is 0 Å². The number of esters is 1. The highest BCUT2D eigenvalue weighted by Gasteiger charge is 2.67. The van der Waals surface area contributed by atoms with Crippen LogP contribution in [-0.4, -0.2) is 30.2 Å². The number of allylic oxidation sites excluding steroid dienone is 2. The predicted octanol–water partition coefficient (Wildman–Crippen LogP) is 4.05. The molecule has 4 aliphatic carbocycles. The number of ketones is 1. The Labute approximate surface area is 198 Å². The van der Waals surface area contributed by atoms with Gasteiger partial charge >= 0.3 is 5.97 Å². The van der Waals surface area contributed by atoms with Crippen LogP contribution in [-0.2, 0) is 14.3 Å². The van der Waals surface area contributed by atoms with E-state index in [4.69, 9.17) is 4.74 Å². The monoisotopic (exact) mass is 505 g/mol. The fourth-order valence-electron chi connectivity index (χ4n) is 5.89. The van der Waals surface area contributed by atoms with Crippen molar-refractivity contribution in [3.05, 3.63) is 76.3 Å². The van der Waals surface area contributed by atoms with Crippen LogP contribution < -0.4 is 4.90 Å². The first-order valence-corrected chi connectivity index (χ1v) is 11.9. The van der Waals surface area contributed by atoms with E-state index in [0.29, 0.717) is 23.1 Å². The summed E-state index contributed by atoms with van der Waals surface area (Å²) in [6.45, 7) is -0.368. The maximum atomic E-state index is 13.2. The summed E-state index contributed by atoms with van der Waals surface area (Å²) < 4.78 is 6.01. The summed E-state index contributed by atoms with van der Waals surface area (Å²) in [5.41, 5.74) is 1.17. The molecule has 3 fully saturated rings. The number of benzene rings is 2. The molecule has 1 saturated heterocycles. The van der Waals surface area contributed by atoms with Crippen LogP contribution in [0.15, 0.2) is 65.2 Å². The van der Waals surface area contributed by atoms with E-state index in [1.807, 2.05) is 0 Å². The Kier molecular flexibility index (Phi) is 4.66. The molecule has 1 heterocycles. The summed E-state index contributed by atoms with van der Waals surface area (Å²) in [6, 6.07) is 13.0. The van der Waals surface area contributed by atoms with E-state index in [2.05, 4.69) is 28.1 Å². The number of Topliss-reactive ketones (excluding diaryl/α,β-unsaturated/α-hetero) is 1. The van der Waals surface area contributed by atoms with Crippen LogP contribution in [0.2, 0.25) is 0 Å². The zero-order chi connectivity index (χ0) is 22.9. The average Bonchev–Trinajstić information content (AvgIpc) is 3.61. The average molecular weight is 506 g/mol. The molecule has 0 aromatic heterocycles. The number of imide groups is 1. The van der Waals surface area contributed by atoms with Gasteiger partial charge in [0.25, 0.3) is 0 Å². The summed E-state index contributed by atoms with van der Waals surface area (Å²) in [5.74, 6) is -0.281. The minimum absolute atomic E-state index is 0.134. The fraction of sp³-hybridized carbons (Fsp3) is 0.308. The molecule has 0 N–H and O–H groups in total. The second-order valence-electron chi connectivity index (χ2n) is 9.22. The van der Waals surface area contributed by atoms with Gasteiger partial charge in [-0.1, -0.05) is 40.2 Å². The Morgan fingerprint density at radius 1 is 0.848 bits per heavy atom. The number of ether oxygens (including phenoxy) is 1. The van der Waals surface area contributed by atoms with Crippen molar-refractivity contribution in [2.45, 2.75) is 6.42 Å². The molecule has 2 aromatic rings. The molecule has 0 unspecified atom stereocenters. The molecule has 2 bridgehead atoms. The predicted molar refractivity (Wildman–Crippen MR) is 122 cm³/mol. The highest BCUT2D eigenvalue weighted by atomic mass is 79.9. The first-order valence-electron chi connectivity index (χ1n) is 11.1. The first-order chi connectivity index (χ1) is 15.9. The number of rotatable bonds is 5. The number of hydrogen-bond acceptors (Lipinski definition) is 5. The standard InChI is InChI=1S/C26H20BrNO5/c27-15-5-1-13(2-6-15)21(29)12-33-26(32)14-3-7-16(8-4-14)28-24(30)22-17-9-10-18(20-11-19(17)20)23(22)25(28)31/h1-10,17-20,22-23H,11-12H2/t17-,18+,19-,20-,22+,23-/m1/s1. The van der Waals surface area contributed by atoms with Crippen LogP contribution in [0.5, 0.6) is 0 Å². The van der Waals surface area contributed by atoms with Gasteiger partial charge in [-0.15, -0.1) is 0 Å². The van der Waals surface area contributed by atoms with Gasteiger partial charge in [-0.05, 0) is 66.5 Å². The molecule has 2 aromatic carbocycles. The number of carbonyl (C=O) groups is 4. The van der Waals surface area contributed by atoms with Crippen molar-refractivity contribution in [3.63, 3.8) is 0 Å². The summed E-state index contributed by atoms with van der Waals surface area (Å²) in [6.07, 6.45) is 5.41. The zero-order valence-corrected chi connectivity index (χ0v) is 19.1. The van der Waals surface area contributed by atoms with Crippen molar-refractivity contribution in [2.75, 3.05) is 11.5 Å². The molecule has 5 aliphatic rings. The Hall–Kier alpha value is -3.06. The minimum atomic E-state index is -0.637. The Morgan fingerprint density at radius 2 is 1.39 bits per heavy atom. The lowest BCUT2D eigenvalue weighted by Crippen LogP contribution is -2.40. The van der Waals surface area contributed by atoms with E-state index in [9.17, 15) is 19.2 Å². The Bertz CT molecular complexity index is 1180. The van der Waals surface area contributed by atoms with E-state index in [1.54, 1.807) is 36.4 Å². The van der Waals surface area contributed by atoms with Crippen molar-refractivity contribution in [2.24, 2.45) is 35.5 Å². The molecule has 0 spiro atoms. The molecular formula is C26H20BrNO5. The molecule has 33 heavy (non-hydrogen) atoms. The summed E-state index contributed by atoms with van der Waals surface area (Å²) in [7, 11) is 0. The van der Waals surface area contributed by atoms with Crippen molar-refractivity contribution >= 4 is 45.2 Å². The van der Waals surface area contributed by atoms with Gasteiger partial charge in [-0.25, -0.2) is 4.79 Å². The normalized spacial score (nSPS) is 30.8. The van der Waals surface area contributed by atoms with Crippen LogP contribution >= 0.6 is 15.9 Å². The van der Waals surface area contributed by atoms with Gasteiger partial charge in [-0.2, -0.15) is 0 Å². The van der Waals surface area contributed by atoms with Crippen LogP contribution in [0, 0.1) is 35.5 Å². The number of halogens is 1. The van der Waals surface area contributed by atoms with Gasteiger partial charge in [0, 0.05) is 10.0 Å². The van der Waals surface area contributed by atoms with E-state index in [0.717, 1.165) is 10.9 Å². The molecule has 2 amide bonds. The topological polar surface area (TPSA) is 80.8 Å². The highest BCUT2D eigenvalue weighted by molar-refractivity contribution is 9.10. The molecular weight excluding hydrogens is 486 g/mol. The Balaban J connectivity index is 1.14. The van der Waals surface area contributed by atoms with Gasteiger partial charge in [-0.3, -0.25) is 19.3 Å². The molecule has 6 nitrogen and oxygen atoms in total. The van der Waals surface area contributed by atoms with Crippen LogP contribution in [0.4, 0.5) is 5.69 Å². The number of anilines is 1. The summed E-state index contributed by atoms with van der Waals surface area (Å²) in [5, 5.41) is 0. The van der Waals surface area contributed by atoms with E-state index < -0.39 is 5.97 Å². The minimum Gasteiger partial charge on any atom is -0.454 e. The number of hydrogen-bond donors (Lipinski definition) is 0. The van der Waals surface area contributed by atoms with E-state index in [1.165, 1.54) is 17.0 Å². The van der Waals surface area contributed by atoms with Crippen molar-refractivity contribution in [3.8, 4) is 0 Å². The van der Waals surface area contributed by atoms with Crippen LogP contribution in [0.3, 0.4) is 0 Å². The van der Waals surface area contributed by atoms with Gasteiger partial charge in [0.15, 0.2) is 12.4 Å². The first kappa shape index (κ1) is 20.5. The maximum Gasteiger partial charge on any atom is 0.338 e. The quantitative estimate of drug-likeness (QED) is 0.265. The smallest absolute Gasteiger partial charge is 0.338 e. The van der Waals surface area contributed by atoms with Crippen molar-refractivity contribution in [1.29, 1.82) is 0 Å². The Morgan fingerprint density at radius 3 is 1.97 bits per heavy atom. The molecule has 7 heteroatoms. The lowest BCUT2D eigenvalue weighted by molar-refractivity contribution is -0.124. The molecule has 2 saturated carbocycles. The maximum absolute atomic E-state index is 13.2. The lowest BCUT2D eigenvalue weighted by atomic mass is 9.63. The van der Waals surface area contributed by atoms with Crippen molar-refractivity contribution < 1.29 is 23.9 Å². The highest BCUT2D eigenvalue weighted by Crippen LogP contribution is 2.65. The molecule has 7 rings (SSSR count).